The van der Waals surface area contributed by atoms with E-state index < -0.39 is 27.9 Å². The van der Waals surface area contributed by atoms with Crippen molar-refractivity contribution in [3.05, 3.63) is 107 Å². The highest BCUT2D eigenvalue weighted by atomic mass is 32.2. The van der Waals surface area contributed by atoms with E-state index in [9.17, 15) is 23.7 Å². The molecule has 0 radical (unpaired) electrons. The monoisotopic (exact) mass is 588 g/mol. The highest BCUT2D eigenvalue weighted by Gasteiger charge is 2.24. The zero-order valence-corrected chi connectivity index (χ0v) is 24.4. The number of pyridine rings is 1. The lowest BCUT2D eigenvalue weighted by atomic mass is 10.0. The quantitative estimate of drug-likeness (QED) is 0.124. The number of non-ortho nitro benzene ring substituents is 1. The van der Waals surface area contributed by atoms with Gasteiger partial charge in [-0.25, -0.2) is 9.00 Å². The van der Waals surface area contributed by atoms with Gasteiger partial charge in [-0.05, 0) is 67.8 Å². The molecule has 218 valence electrons. The van der Waals surface area contributed by atoms with Gasteiger partial charge in [0.2, 0.25) is 0 Å². The summed E-state index contributed by atoms with van der Waals surface area (Å²) in [6, 6.07) is 21.4. The molecule has 4 aromatic rings. The van der Waals surface area contributed by atoms with Gasteiger partial charge in [-0.15, -0.1) is 0 Å². The van der Waals surface area contributed by atoms with Crippen LogP contribution in [0.4, 0.5) is 16.2 Å². The van der Waals surface area contributed by atoms with Gasteiger partial charge in [0.1, 0.15) is 5.60 Å². The number of ether oxygens (including phenoxy) is 1. The SMILES string of the molecule is CC(C)(C)OC(=O)N(CC=Cc1ccc([N+](=O)[O-])cc1)CCN(c1cc(-c2ccccc2)cc2cnccc12)S(=O)O. The first-order chi connectivity index (χ1) is 20.0. The number of rotatable bonds is 10. The number of hydrogen-bond acceptors (Lipinski definition) is 6. The summed E-state index contributed by atoms with van der Waals surface area (Å²) >= 11 is -2.40. The molecule has 0 aliphatic heterocycles. The number of nitro groups is 1. The Kier molecular flexibility index (Phi) is 9.66. The zero-order valence-electron chi connectivity index (χ0n) is 23.5. The largest absolute Gasteiger partial charge is 0.444 e. The van der Waals surface area contributed by atoms with Crippen LogP contribution in [0.3, 0.4) is 0 Å². The average Bonchev–Trinajstić information content (AvgIpc) is 2.95. The van der Waals surface area contributed by atoms with Crippen LogP contribution >= 0.6 is 0 Å². The van der Waals surface area contributed by atoms with Gasteiger partial charge in [0.05, 0.1) is 17.2 Å². The number of hydrogen-bond donors (Lipinski definition) is 1. The standard InChI is InChI=1S/C31H32N4O6S/c1-31(2,3)41-30(36)33(17-7-8-23-11-13-27(14-12-23)35(37)38)18-19-34(42(39)40)29-21-25(24-9-5-4-6-10-24)20-26-22-32-16-15-28(26)29/h4-16,20-22H,17-19H2,1-3H3,(H,39,40). The highest BCUT2D eigenvalue weighted by molar-refractivity contribution is 7.80. The Hall–Kier alpha value is -4.61. The molecule has 1 heterocycles. The third-order valence-corrected chi connectivity index (χ3v) is 7.02. The first-order valence-electron chi connectivity index (χ1n) is 13.2. The van der Waals surface area contributed by atoms with E-state index in [-0.39, 0.29) is 25.3 Å². The fourth-order valence-electron chi connectivity index (χ4n) is 4.29. The molecular formula is C31H32N4O6S. The molecule has 1 aromatic heterocycles. The topological polar surface area (TPSA) is 126 Å². The average molecular weight is 589 g/mol. The number of anilines is 1. The van der Waals surface area contributed by atoms with Crippen molar-refractivity contribution in [3.63, 3.8) is 0 Å². The Labute approximate surface area is 246 Å². The van der Waals surface area contributed by atoms with Gasteiger partial charge in [-0.2, -0.15) is 0 Å². The second kappa shape index (κ2) is 13.4. The van der Waals surface area contributed by atoms with Crippen LogP contribution in [-0.2, 0) is 16.0 Å². The summed E-state index contributed by atoms with van der Waals surface area (Å²) < 4.78 is 30.0. The van der Waals surface area contributed by atoms with E-state index in [1.54, 1.807) is 63.5 Å². The van der Waals surface area contributed by atoms with Crippen LogP contribution in [0.1, 0.15) is 26.3 Å². The first-order valence-corrected chi connectivity index (χ1v) is 14.3. The van der Waals surface area contributed by atoms with E-state index in [1.807, 2.05) is 42.5 Å². The highest BCUT2D eigenvalue weighted by Crippen LogP contribution is 2.33. The number of nitrogens with zero attached hydrogens (tertiary/aromatic N) is 4. The molecule has 3 aromatic carbocycles. The van der Waals surface area contributed by atoms with Gasteiger partial charge in [-0.3, -0.25) is 24.0 Å². The van der Waals surface area contributed by atoms with Crippen molar-refractivity contribution in [3.8, 4) is 11.1 Å². The number of benzene rings is 3. The van der Waals surface area contributed by atoms with Gasteiger partial charge in [0.25, 0.3) is 17.0 Å². The summed E-state index contributed by atoms with van der Waals surface area (Å²) in [5.41, 5.74) is 2.29. The summed E-state index contributed by atoms with van der Waals surface area (Å²) in [4.78, 5) is 29.3. The lowest BCUT2D eigenvalue weighted by Crippen LogP contribution is -2.42. The molecule has 10 nitrogen and oxygen atoms in total. The Morgan fingerprint density at radius 3 is 2.40 bits per heavy atom. The lowest BCUT2D eigenvalue weighted by molar-refractivity contribution is -0.384. The van der Waals surface area contributed by atoms with E-state index in [2.05, 4.69) is 4.98 Å². The van der Waals surface area contributed by atoms with Crippen molar-refractivity contribution < 1.29 is 23.2 Å². The van der Waals surface area contributed by atoms with Gasteiger partial charge < -0.3 is 9.64 Å². The fourth-order valence-corrected chi connectivity index (χ4v) is 4.85. The molecule has 0 saturated heterocycles. The van der Waals surface area contributed by atoms with Crippen LogP contribution in [0, 0.1) is 10.1 Å². The molecule has 0 bridgehead atoms. The molecule has 1 unspecified atom stereocenters. The summed E-state index contributed by atoms with van der Waals surface area (Å²) in [5.74, 6) is 0. The molecule has 0 fully saturated rings. The predicted octanol–water partition coefficient (Wildman–Crippen LogP) is 6.70. The fraction of sp³-hybridized carbons (Fsp3) is 0.226. The number of amides is 1. The molecule has 0 aliphatic rings. The van der Waals surface area contributed by atoms with Gasteiger partial charge in [0.15, 0.2) is 0 Å². The maximum Gasteiger partial charge on any atom is 0.410 e. The molecule has 0 saturated carbocycles. The number of nitro benzene ring substituents is 1. The van der Waals surface area contributed by atoms with Gasteiger partial charge in [-0.1, -0.05) is 42.5 Å². The van der Waals surface area contributed by atoms with Crippen molar-refractivity contribution >= 4 is 45.6 Å². The first kappa shape index (κ1) is 30.4. The zero-order chi connectivity index (χ0) is 30.3. The van der Waals surface area contributed by atoms with Crippen LogP contribution < -0.4 is 4.31 Å². The third kappa shape index (κ3) is 7.99. The molecular weight excluding hydrogens is 556 g/mol. The summed E-state index contributed by atoms with van der Waals surface area (Å²) in [7, 11) is 0. The van der Waals surface area contributed by atoms with E-state index in [4.69, 9.17) is 4.74 Å². The minimum Gasteiger partial charge on any atom is -0.444 e. The number of aromatic nitrogens is 1. The summed E-state index contributed by atoms with van der Waals surface area (Å²) in [6.07, 6.45) is 6.24. The van der Waals surface area contributed by atoms with Crippen molar-refractivity contribution in [1.82, 2.24) is 9.88 Å². The van der Waals surface area contributed by atoms with Crippen LogP contribution in [-0.4, -0.2) is 54.9 Å². The smallest absolute Gasteiger partial charge is 0.410 e. The number of carbonyl (C=O) groups excluding carboxylic acids is 1. The molecule has 1 amide bonds. The van der Waals surface area contributed by atoms with Crippen LogP contribution in [0.15, 0.2) is 91.3 Å². The maximum atomic E-state index is 13.1. The Balaban J connectivity index is 1.61. The van der Waals surface area contributed by atoms with Crippen LogP contribution in [0.2, 0.25) is 0 Å². The maximum absolute atomic E-state index is 13.1. The molecule has 0 spiro atoms. The van der Waals surface area contributed by atoms with Crippen molar-refractivity contribution in [2.75, 3.05) is 23.9 Å². The Morgan fingerprint density at radius 1 is 1.05 bits per heavy atom. The van der Waals surface area contributed by atoms with Crippen molar-refractivity contribution in [2.45, 2.75) is 26.4 Å². The van der Waals surface area contributed by atoms with E-state index in [0.717, 1.165) is 27.5 Å². The van der Waals surface area contributed by atoms with E-state index in [0.29, 0.717) is 5.69 Å². The Bertz CT molecular complexity index is 1600. The summed E-state index contributed by atoms with van der Waals surface area (Å²) in [5, 5.41) is 12.5. The molecule has 4 rings (SSSR count). The second-order valence-electron chi connectivity index (χ2n) is 10.5. The lowest BCUT2D eigenvalue weighted by Gasteiger charge is -2.29. The van der Waals surface area contributed by atoms with E-state index in [1.165, 1.54) is 21.3 Å². The minimum atomic E-state index is -2.40. The normalized spacial score (nSPS) is 12.3. The Morgan fingerprint density at radius 2 is 1.76 bits per heavy atom. The molecule has 1 N–H and O–H groups in total. The van der Waals surface area contributed by atoms with Crippen molar-refractivity contribution in [2.24, 2.45) is 0 Å². The van der Waals surface area contributed by atoms with Crippen LogP contribution in [0.5, 0.6) is 0 Å². The number of fused-ring (bicyclic) bond motifs is 1. The van der Waals surface area contributed by atoms with E-state index >= 15 is 0 Å². The summed E-state index contributed by atoms with van der Waals surface area (Å²) in [6.45, 7) is 5.55. The van der Waals surface area contributed by atoms with Gasteiger partial charge in [0, 0.05) is 48.4 Å². The predicted molar refractivity (Wildman–Crippen MR) is 165 cm³/mol. The molecule has 11 heteroatoms. The van der Waals surface area contributed by atoms with Crippen LogP contribution in [0.25, 0.3) is 28.0 Å². The van der Waals surface area contributed by atoms with Crippen molar-refractivity contribution in [1.29, 1.82) is 0 Å². The second-order valence-corrected chi connectivity index (χ2v) is 11.4. The molecule has 42 heavy (non-hydrogen) atoms. The number of carbonyl (C=O) groups is 1. The third-order valence-electron chi connectivity index (χ3n) is 6.26. The molecule has 0 aliphatic carbocycles. The minimum absolute atomic E-state index is 0.0146. The van der Waals surface area contributed by atoms with Gasteiger partial charge >= 0.3 is 6.09 Å². The molecule has 1 atom stereocenters.